The quantitative estimate of drug-likeness (QED) is 0.0347. The number of aliphatic carboxylic acids is 1. The van der Waals surface area contributed by atoms with Gasteiger partial charge in [0.2, 0.25) is 59.1 Å². The number of rotatable bonds is 28. The minimum atomic E-state index is -1.80. The number of primary amides is 2. The lowest BCUT2D eigenvalue weighted by Gasteiger charge is -2.29. The second-order valence-corrected chi connectivity index (χ2v) is 15.4. The number of carbonyl (C=O) groups is 11. The van der Waals surface area contributed by atoms with Gasteiger partial charge < -0.3 is 75.1 Å². The van der Waals surface area contributed by atoms with E-state index in [-0.39, 0.29) is 6.42 Å². The highest BCUT2D eigenvalue weighted by Crippen LogP contribution is 2.08. The van der Waals surface area contributed by atoms with Gasteiger partial charge >= 0.3 is 5.97 Å². The van der Waals surface area contributed by atoms with Crippen LogP contribution in [0.2, 0.25) is 0 Å². The van der Waals surface area contributed by atoms with Crippen LogP contribution in [0, 0.1) is 5.92 Å². The summed E-state index contributed by atoms with van der Waals surface area (Å²) in [5.74, 6) is -11.6. The fourth-order valence-corrected chi connectivity index (χ4v) is 5.48. The van der Waals surface area contributed by atoms with Crippen molar-refractivity contribution in [3.8, 4) is 0 Å². The van der Waals surface area contributed by atoms with Crippen LogP contribution in [0.25, 0.3) is 0 Å². The van der Waals surface area contributed by atoms with Crippen molar-refractivity contribution in [2.24, 2.45) is 23.1 Å². The number of aliphatic hydroxyl groups is 2. The molecule has 0 aliphatic rings. The summed E-state index contributed by atoms with van der Waals surface area (Å²) in [5, 5.41) is 48.1. The molecule has 0 aliphatic carbocycles. The van der Waals surface area contributed by atoms with Gasteiger partial charge in [0.05, 0.1) is 25.2 Å². The van der Waals surface area contributed by atoms with E-state index in [1.165, 1.54) is 46.4 Å². The molecule has 0 unspecified atom stereocenters. The Labute approximate surface area is 356 Å². The third-order valence-corrected chi connectivity index (χ3v) is 9.26. The van der Waals surface area contributed by atoms with Crippen LogP contribution in [-0.4, -0.2) is 159 Å². The molecular formula is C35H61N11O14S. The normalized spacial score (nSPS) is 15.9. The Hall–Kier alpha value is -5.60. The maximum absolute atomic E-state index is 13.6. The van der Waals surface area contributed by atoms with Crippen LogP contribution in [0.15, 0.2) is 0 Å². The minimum absolute atomic E-state index is 0.0212. The summed E-state index contributed by atoms with van der Waals surface area (Å²) in [6.45, 7) is 7.13. The zero-order valence-corrected chi connectivity index (χ0v) is 35.9. The number of thioether (sulfide) groups is 1. The van der Waals surface area contributed by atoms with E-state index in [1.54, 1.807) is 6.26 Å². The van der Waals surface area contributed by atoms with E-state index in [0.717, 1.165) is 6.92 Å². The zero-order valence-electron chi connectivity index (χ0n) is 35.1. The Morgan fingerprint density at radius 2 is 0.967 bits per heavy atom. The van der Waals surface area contributed by atoms with Crippen molar-refractivity contribution in [2.45, 2.75) is 128 Å². The first kappa shape index (κ1) is 55.4. The van der Waals surface area contributed by atoms with Gasteiger partial charge in [-0.1, -0.05) is 13.8 Å². The van der Waals surface area contributed by atoms with Crippen molar-refractivity contribution in [1.82, 2.24) is 42.5 Å². The molecule has 10 atom stereocenters. The Morgan fingerprint density at radius 1 is 0.541 bits per heavy atom. The van der Waals surface area contributed by atoms with Crippen LogP contribution in [0.3, 0.4) is 0 Å². The summed E-state index contributed by atoms with van der Waals surface area (Å²) < 4.78 is 0. The molecule has 0 aromatic heterocycles. The maximum Gasteiger partial charge on any atom is 0.326 e. The van der Waals surface area contributed by atoms with Crippen molar-refractivity contribution in [2.75, 3.05) is 18.6 Å². The van der Waals surface area contributed by atoms with Crippen LogP contribution in [0.5, 0.6) is 0 Å². The monoisotopic (exact) mass is 891 g/mol. The fourth-order valence-electron chi connectivity index (χ4n) is 5.01. The summed E-state index contributed by atoms with van der Waals surface area (Å²) >= 11 is 1.32. The fraction of sp³-hybridized carbons (Fsp3) is 0.686. The Morgan fingerprint density at radius 3 is 1.43 bits per heavy atom. The van der Waals surface area contributed by atoms with Gasteiger partial charge in [0, 0.05) is 6.42 Å². The molecule has 0 rings (SSSR count). The Kier molecular flexibility index (Phi) is 24.8. The highest BCUT2D eigenvalue weighted by Gasteiger charge is 2.36. The molecule has 26 heteroatoms. The molecule has 0 bridgehead atoms. The number of carboxylic acids is 1. The molecule has 61 heavy (non-hydrogen) atoms. The maximum atomic E-state index is 13.6. The summed E-state index contributed by atoms with van der Waals surface area (Å²) in [6, 6.07) is -12.9. The SMILES string of the molecule is CSCC[C@H](NC(=O)[C@H](C)NC(=O)[C@H](C)NC(=O)[C@H](C)N)C(=O)N[C@@H](CO)C(=O)N[C@@H](CCC(N)=O)C(=O)N[C@H](C(=O)N[C@H](C(=O)N[C@@H](CC(N)=O)C(=O)O)[C@@H](C)O)C(C)C. The molecule has 17 N–H and O–H groups in total. The number of hydrogen-bond donors (Lipinski definition) is 14. The van der Waals surface area contributed by atoms with Gasteiger partial charge in [-0.2, -0.15) is 11.8 Å². The molecule has 0 spiro atoms. The van der Waals surface area contributed by atoms with Gasteiger partial charge in [0.15, 0.2) is 0 Å². The average Bonchev–Trinajstić information content (AvgIpc) is 3.16. The summed E-state index contributed by atoms with van der Waals surface area (Å²) in [7, 11) is 0. The van der Waals surface area contributed by atoms with Crippen LogP contribution in [0.1, 0.15) is 67.2 Å². The van der Waals surface area contributed by atoms with E-state index in [1.807, 2.05) is 5.32 Å². The number of amides is 10. The van der Waals surface area contributed by atoms with Crippen LogP contribution >= 0.6 is 11.8 Å². The van der Waals surface area contributed by atoms with Gasteiger partial charge in [0.1, 0.15) is 48.3 Å². The van der Waals surface area contributed by atoms with Crippen molar-refractivity contribution < 1.29 is 68.1 Å². The Balaban J connectivity index is 6.09. The predicted octanol–water partition coefficient (Wildman–Crippen LogP) is -6.74. The van der Waals surface area contributed by atoms with Gasteiger partial charge in [-0.15, -0.1) is 0 Å². The lowest BCUT2D eigenvalue weighted by Crippen LogP contribution is -2.62. The van der Waals surface area contributed by atoms with Crippen LogP contribution in [-0.2, 0) is 52.7 Å². The first-order valence-corrected chi connectivity index (χ1v) is 20.4. The lowest BCUT2D eigenvalue weighted by atomic mass is 10.0. The van der Waals surface area contributed by atoms with Crippen LogP contribution < -0.4 is 59.7 Å². The highest BCUT2D eigenvalue weighted by atomic mass is 32.2. The molecule has 346 valence electrons. The number of nitrogens with one attached hydrogen (secondary N) is 8. The van der Waals surface area contributed by atoms with E-state index >= 15 is 0 Å². The minimum Gasteiger partial charge on any atom is -0.480 e. The van der Waals surface area contributed by atoms with Gasteiger partial charge in [-0.05, 0) is 58.5 Å². The third-order valence-electron chi connectivity index (χ3n) is 8.62. The number of carbonyl (C=O) groups excluding carboxylic acids is 10. The Bertz CT molecular complexity index is 1600. The number of carboxylic acid groups (broad SMARTS) is 1. The lowest BCUT2D eigenvalue weighted by molar-refractivity contribution is -0.144. The number of aliphatic hydroxyl groups excluding tert-OH is 2. The highest BCUT2D eigenvalue weighted by molar-refractivity contribution is 7.98. The number of hydrogen-bond acceptors (Lipinski definition) is 15. The van der Waals surface area contributed by atoms with Crippen molar-refractivity contribution >= 4 is 76.8 Å². The molecule has 0 fully saturated rings. The predicted molar refractivity (Wildman–Crippen MR) is 217 cm³/mol. The molecule has 0 aromatic carbocycles. The standard InChI is InChI=1S/C35H61N11O14S/c1-14(2)25(33(57)46-26(18(6)48)34(58)43-21(35(59)60)12-24(38)50)45-31(55)19(8-9-23(37)49)42-32(56)22(13-47)44-30(54)20(10-11-61-7)41-29(53)17(5)40-28(52)16(4)39-27(51)15(3)36/h14-22,25-26,47-48H,8-13,36H2,1-7H3,(H2,37,49)(H2,38,50)(H,39,51)(H,40,52)(H,41,53)(H,42,56)(H,43,58)(H,44,54)(H,45,55)(H,46,57)(H,59,60)/t15-,16-,17-,18+,19-,20-,21-,22-,25-,26-/m0/s1. The molecule has 0 aromatic rings. The van der Waals surface area contributed by atoms with Gasteiger partial charge in [-0.3, -0.25) is 47.9 Å². The van der Waals surface area contributed by atoms with Gasteiger partial charge in [-0.25, -0.2) is 4.79 Å². The summed E-state index contributed by atoms with van der Waals surface area (Å²) in [4.78, 5) is 139. The second kappa shape index (κ2) is 27.3. The molecule has 0 saturated carbocycles. The van der Waals surface area contributed by atoms with E-state index < -0.39 is 157 Å². The number of nitrogens with two attached hydrogens (primary N) is 3. The molecule has 0 aliphatic heterocycles. The molecule has 0 heterocycles. The van der Waals surface area contributed by atoms with Crippen molar-refractivity contribution in [3.63, 3.8) is 0 Å². The van der Waals surface area contributed by atoms with E-state index in [9.17, 15) is 68.1 Å². The average molecular weight is 892 g/mol. The molecule has 0 radical (unpaired) electrons. The first-order chi connectivity index (χ1) is 28.3. The smallest absolute Gasteiger partial charge is 0.326 e. The first-order valence-electron chi connectivity index (χ1n) is 19.0. The van der Waals surface area contributed by atoms with E-state index in [0.29, 0.717) is 5.75 Å². The molecular weight excluding hydrogens is 831 g/mol. The third kappa shape index (κ3) is 20.5. The van der Waals surface area contributed by atoms with E-state index in [2.05, 4.69) is 37.2 Å². The van der Waals surface area contributed by atoms with Crippen molar-refractivity contribution in [3.05, 3.63) is 0 Å². The largest absolute Gasteiger partial charge is 0.480 e. The summed E-state index contributed by atoms with van der Waals surface area (Å²) in [5.41, 5.74) is 15.8. The van der Waals surface area contributed by atoms with Gasteiger partial charge in [0.25, 0.3) is 0 Å². The van der Waals surface area contributed by atoms with Crippen molar-refractivity contribution in [1.29, 1.82) is 0 Å². The molecule has 10 amide bonds. The van der Waals surface area contributed by atoms with E-state index in [4.69, 9.17) is 17.2 Å². The summed E-state index contributed by atoms with van der Waals surface area (Å²) in [6.07, 6.45) is -1.60. The second-order valence-electron chi connectivity index (χ2n) is 14.4. The molecule has 25 nitrogen and oxygen atoms in total. The van der Waals surface area contributed by atoms with Crippen LogP contribution in [0.4, 0.5) is 0 Å². The topological polar surface area (TPSA) is 423 Å². The zero-order chi connectivity index (χ0) is 47.3. The molecule has 0 saturated heterocycles.